The third kappa shape index (κ3) is 4.03. The van der Waals surface area contributed by atoms with Gasteiger partial charge in [-0.2, -0.15) is 0 Å². The summed E-state index contributed by atoms with van der Waals surface area (Å²) in [5.74, 6) is -2.16. The average molecular weight is 378 g/mol. The molecule has 7 heteroatoms. The molecule has 1 unspecified atom stereocenters. The SMILES string of the molecule is O=C(OC(C(=O)N1CCOCC1)c1ccccc1)c1c(F)cccc1Cl. The van der Waals surface area contributed by atoms with Gasteiger partial charge in [-0.15, -0.1) is 0 Å². The maximum absolute atomic E-state index is 14.0. The van der Waals surface area contributed by atoms with Crippen LogP contribution in [0.2, 0.25) is 5.02 Å². The maximum atomic E-state index is 14.0. The molecule has 1 aliphatic rings. The van der Waals surface area contributed by atoms with E-state index in [2.05, 4.69) is 0 Å². The number of hydrogen-bond donors (Lipinski definition) is 0. The predicted molar refractivity (Wildman–Crippen MR) is 93.4 cm³/mol. The zero-order valence-electron chi connectivity index (χ0n) is 13.9. The van der Waals surface area contributed by atoms with Crippen molar-refractivity contribution in [1.82, 2.24) is 4.90 Å². The Kier molecular flexibility index (Phi) is 5.85. The van der Waals surface area contributed by atoms with Crippen molar-refractivity contribution < 1.29 is 23.5 Å². The molecular weight excluding hydrogens is 361 g/mol. The lowest BCUT2D eigenvalue weighted by Crippen LogP contribution is -2.44. The van der Waals surface area contributed by atoms with Crippen molar-refractivity contribution >= 4 is 23.5 Å². The van der Waals surface area contributed by atoms with Crippen LogP contribution in [0, 0.1) is 5.82 Å². The molecule has 1 fully saturated rings. The molecule has 0 saturated carbocycles. The monoisotopic (exact) mass is 377 g/mol. The highest BCUT2D eigenvalue weighted by Gasteiger charge is 2.32. The molecular formula is C19H17ClFNO4. The van der Waals surface area contributed by atoms with Crippen LogP contribution >= 0.6 is 11.6 Å². The molecule has 136 valence electrons. The number of carbonyl (C=O) groups is 2. The van der Waals surface area contributed by atoms with E-state index in [1.807, 2.05) is 0 Å². The first kappa shape index (κ1) is 18.4. The fourth-order valence-corrected chi connectivity index (χ4v) is 2.94. The number of ether oxygens (including phenoxy) is 2. The number of benzene rings is 2. The molecule has 2 aromatic rings. The second kappa shape index (κ2) is 8.29. The Morgan fingerprint density at radius 3 is 2.42 bits per heavy atom. The molecule has 1 amide bonds. The minimum Gasteiger partial charge on any atom is -0.444 e. The van der Waals surface area contributed by atoms with Crippen molar-refractivity contribution in [3.63, 3.8) is 0 Å². The largest absolute Gasteiger partial charge is 0.444 e. The van der Waals surface area contributed by atoms with E-state index in [1.54, 1.807) is 35.2 Å². The van der Waals surface area contributed by atoms with Gasteiger partial charge in [0.2, 0.25) is 6.10 Å². The van der Waals surface area contributed by atoms with Crippen molar-refractivity contribution in [2.45, 2.75) is 6.10 Å². The van der Waals surface area contributed by atoms with Gasteiger partial charge in [-0.3, -0.25) is 4.79 Å². The summed E-state index contributed by atoms with van der Waals surface area (Å²) < 4.78 is 24.7. The average Bonchev–Trinajstić information content (AvgIpc) is 2.67. The van der Waals surface area contributed by atoms with Gasteiger partial charge in [0.25, 0.3) is 5.91 Å². The Balaban J connectivity index is 1.88. The van der Waals surface area contributed by atoms with E-state index >= 15 is 0 Å². The summed E-state index contributed by atoms with van der Waals surface area (Å²) in [6, 6.07) is 12.5. The Morgan fingerprint density at radius 2 is 1.77 bits per heavy atom. The minimum absolute atomic E-state index is 0.0689. The Hall–Kier alpha value is -2.44. The van der Waals surface area contributed by atoms with Crippen molar-refractivity contribution in [2.24, 2.45) is 0 Å². The fourth-order valence-electron chi connectivity index (χ4n) is 2.70. The van der Waals surface area contributed by atoms with Gasteiger partial charge in [-0.05, 0) is 12.1 Å². The van der Waals surface area contributed by atoms with E-state index in [4.69, 9.17) is 21.1 Å². The van der Waals surface area contributed by atoms with Crippen LogP contribution in [0.1, 0.15) is 22.0 Å². The summed E-state index contributed by atoms with van der Waals surface area (Å²) in [7, 11) is 0. The number of morpholine rings is 1. The first-order chi connectivity index (χ1) is 12.6. The summed E-state index contributed by atoms with van der Waals surface area (Å²) in [5.41, 5.74) is 0.120. The van der Waals surface area contributed by atoms with Crippen LogP contribution in [0.4, 0.5) is 4.39 Å². The minimum atomic E-state index is -1.18. The number of amides is 1. The van der Waals surface area contributed by atoms with Crippen LogP contribution in [0.3, 0.4) is 0 Å². The standard InChI is InChI=1S/C19H17ClFNO4/c20-14-7-4-8-15(21)16(14)19(24)26-17(13-5-2-1-3-6-13)18(23)22-9-11-25-12-10-22/h1-8,17H,9-12H2. The Labute approximate surface area is 155 Å². The van der Waals surface area contributed by atoms with Crippen molar-refractivity contribution in [3.8, 4) is 0 Å². The zero-order chi connectivity index (χ0) is 18.5. The fraction of sp³-hybridized carbons (Fsp3) is 0.263. The van der Waals surface area contributed by atoms with E-state index in [1.165, 1.54) is 12.1 Å². The molecule has 0 N–H and O–H groups in total. The second-order valence-corrected chi connectivity index (χ2v) is 6.14. The highest BCUT2D eigenvalue weighted by molar-refractivity contribution is 6.33. The van der Waals surface area contributed by atoms with Gasteiger partial charge in [0, 0.05) is 18.7 Å². The van der Waals surface area contributed by atoms with Gasteiger partial charge < -0.3 is 14.4 Å². The maximum Gasteiger partial charge on any atom is 0.343 e. The van der Waals surface area contributed by atoms with E-state index in [0.29, 0.717) is 31.9 Å². The van der Waals surface area contributed by atoms with E-state index < -0.39 is 17.9 Å². The van der Waals surface area contributed by atoms with Crippen LogP contribution in [-0.2, 0) is 14.3 Å². The quantitative estimate of drug-likeness (QED) is 0.768. The predicted octanol–water partition coefficient (Wildman–Crippen LogP) is 3.24. The van der Waals surface area contributed by atoms with Gasteiger partial charge in [-0.25, -0.2) is 9.18 Å². The second-order valence-electron chi connectivity index (χ2n) is 5.73. The van der Waals surface area contributed by atoms with Crippen LogP contribution in [-0.4, -0.2) is 43.1 Å². The molecule has 26 heavy (non-hydrogen) atoms. The van der Waals surface area contributed by atoms with E-state index in [9.17, 15) is 14.0 Å². The first-order valence-electron chi connectivity index (χ1n) is 8.14. The highest BCUT2D eigenvalue weighted by Crippen LogP contribution is 2.26. The van der Waals surface area contributed by atoms with Gasteiger partial charge in [0.05, 0.1) is 18.2 Å². The molecule has 3 rings (SSSR count). The van der Waals surface area contributed by atoms with Gasteiger partial charge in [-0.1, -0.05) is 48.0 Å². The summed E-state index contributed by atoms with van der Waals surface area (Å²) in [4.78, 5) is 27.0. The smallest absolute Gasteiger partial charge is 0.343 e. The summed E-state index contributed by atoms with van der Waals surface area (Å²) in [5, 5.41) is -0.0689. The molecule has 1 heterocycles. The van der Waals surface area contributed by atoms with Crippen LogP contribution in [0.15, 0.2) is 48.5 Å². The summed E-state index contributed by atoms with van der Waals surface area (Å²) >= 11 is 5.93. The third-order valence-corrected chi connectivity index (χ3v) is 4.36. The van der Waals surface area contributed by atoms with Gasteiger partial charge in [0.1, 0.15) is 11.4 Å². The van der Waals surface area contributed by atoms with Gasteiger partial charge in [0.15, 0.2) is 0 Å². The summed E-state index contributed by atoms with van der Waals surface area (Å²) in [6.45, 7) is 1.64. The normalized spacial score (nSPS) is 15.4. The van der Waals surface area contributed by atoms with Crippen LogP contribution in [0.5, 0.6) is 0 Å². The lowest BCUT2D eigenvalue weighted by atomic mass is 10.1. The van der Waals surface area contributed by atoms with E-state index in [-0.39, 0.29) is 16.5 Å². The highest BCUT2D eigenvalue weighted by atomic mass is 35.5. The van der Waals surface area contributed by atoms with E-state index in [0.717, 1.165) is 6.07 Å². The molecule has 0 aliphatic carbocycles. The summed E-state index contributed by atoms with van der Waals surface area (Å²) in [6.07, 6.45) is -1.18. The molecule has 0 spiro atoms. The first-order valence-corrected chi connectivity index (χ1v) is 8.52. The van der Waals surface area contributed by atoms with Crippen molar-refractivity contribution in [3.05, 3.63) is 70.5 Å². The van der Waals surface area contributed by atoms with Gasteiger partial charge >= 0.3 is 5.97 Å². The van der Waals surface area contributed by atoms with Crippen LogP contribution in [0.25, 0.3) is 0 Å². The topological polar surface area (TPSA) is 55.8 Å². The lowest BCUT2D eigenvalue weighted by molar-refractivity contribution is -0.145. The number of hydrogen-bond acceptors (Lipinski definition) is 4. The molecule has 1 aliphatic heterocycles. The lowest BCUT2D eigenvalue weighted by Gasteiger charge is -2.30. The number of nitrogens with zero attached hydrogens (tertiary/aromatic N) is 1. The Morgan fingerprint density at radius 1 is 1.08 bits per heavy atom. The molecule has 1 saturated heterocycles. The molecule has 0 bridgehead atoms. The number of rotatable bonds is 4. The number of esters is 1. The number of halogens is 2. The molecule has 0 aromatic heterocycles. The zero-order valence-corrected chi connectivity index (χ0v) is 14.6. The third-order valence-electron chi connectivity index (χ3n) is 4.04. The van der Waals surface area contributed by atoms with Crippen molar-refractivity contribution in [2.75, 3.05) is 26.3 Å². The molecule has 2 aromatic carbocycles. The Bertz CT molecular complexity index is 773. The number of carbonyl (C=O) groups excluding carboxylic acids is 2. The molecule has 0 radical (unpaired) electrons. The van der Waals surface area contributed by atoms with Crippen LogP contribution < -0.4 is 0 Å². The molecule has 5 nitrogen and oxygen atoms in total. The molecule has 1 atom stereocenters. The van der Waals surface area contributed by atoms with Crippen molar-refractivity contribution in [1.29, 1.82) is 0 Å².